The smallest absolute Gasteiger partial charge is 0.0670 e. The Balaban J connectivity index is 2.23. The predicted molar refractivity (Wildman–Crippen MR) is 70.8 cm³/mol. The number of hydrogen-bond donors (Lipinski definition) is 1. The predicted octanol–water partition coefficient (Wildman–Crippen LogP) is 3.30. The summed E-state index contributed by atoms with van der Waals surface area (Å²) < 4.78 is 0. The largest absolute Gasteiger partial charge is 0.360 e. The zero-order valence-corrected chi connectivity index (χ0v) is 9.72. The van der Waals surface area contributed by atoms with E-state index in [1.54, 1.807) is 12.4 Å². The summed E-state index contributed by atoms with van der Waals surface area (Å²) in [5, 5.41) is 9.93. The Morgan fingerprint density at radius 1 is 1.17 bits per heavy atom. The van der Waals surface area contributed by atoms with E-state index in [2.05, 4.69) is 22.1 Å². The summed E-state index contributed by atoms with van der Waals surface area (Å²) in [6, 6.07) is 12.3. The molecular weight excluding hydrogens is 222 g/mol. The van der Waals surface area contributed by atoms with Crippen molar-refractivity contribution in [3.63, 3.8) is 0 Å². The standard InChI is InChI=1S/C15H11N3/c16-7-4-12-10-18-15-13(2-1-3-14(12)15)11-5-8-17-9-6-11/h1-3,5-6,8-10,18H,4H2. The van der Waals surface area contributed by atoms with Crippen molar-refractivity contribution in [2.45, 2.75) is 6.42 Å². The highest BCUT2D eigenvalue weighted by Gasteiger charge is 2.08. The second-order valence-electron chi connectivity index (χ2n) is 4.11. The third-order valence-corrected chi connectivity index (χ3v) is 3.06. The lowest BCUT2D eigenvalue weighted by atomic mass is 10.0. The zero-order chi connectivity index (χ0) is 12.4. The van der Waals surface area contributed by atoms with Gasteiger partial charge in [-0.15, -0.1) is 0 Å². The van der Waals surface area contributed by atoms with Crippen LogP contribution in [0.1, 0.15) is 5.56 Å². The zero-order valence-electron chi connectivity index (χ0n) is 9.72. The van der Waals surface area contributed by atoms with Gasteiger partial charge in [-0.05, 0) is 23.3 Å². The minimum atomic E-state index is 0.430. The lowest BCUT2D eigenvalue weighted by Gasteiger charge is -2.03. The van der Waals surface area contributed by atoms with Crippen molar-refractivity contribution in [1.29, 1.82) is 5.26 Å². The van der Waals surface area contributed by atoms with Crippen molar-refractivity contribution in [1.82, 2.24) is 9.97 Å². The van der Waals surface area contributed by atoms with E-state index in [9.17, 15) is 0 Å². The Kier molecular flexibility index (Phi) is 2.54. The number of nitrogens with zero attached hydrogens (tertiary/aromatic N) is 2. The van der Waals surface area contributed by atoms with Crippen molar-refractivity contribution in [2.75, 3.05) is 0 Å². The molecule has 0 unspecified atom stereocenters. The summed E-state index contributed by atoms with van der Waals surface area (Å²) in [5.74, 6) is 0. The number of nitrogens with one attached hydrogen (secondary N) is 1. The molecule has 3 nitrogen and oxygen atoms in total. The maximum absolute atomic E-state index is 8.81. The maximum Gasteiger partial charge on any atom is 0.0670 e. The van der Waals surface area contributed by atoms with Gasteiger partial charge in [0.05, 0.1) is 18.0 Å². The van der Waals surface area contributed by atoms with E-state index < -0.39 is 0 Å². The van der Waals surface area contributed by atoms with Gasteiger partial charge >= 0.3 is 0 Å². The number of H-pyrrole nitrogens is 1. The number of nitriles is 1. The quantitative estimate of drug-likeness (QED) is 0.738. The van der Waals surface area contributed by atoms with E-state index in [0.29, 0.717) is 6.42 Å². The van der Waals surface area contributed by atoms with Crippen LogP contribution in [0.4, 0.5) is 0 Å². The number of pyridine rings is 1. The SMILES string of the molecule is N#CCc1c[nH]c2c(-c3ccncc3)cccc12. The minimum Gasteiger partial charge on any atom is -0.360 e. The molecule has 3 aromatic rings. The number of aromatic amines is 1. The second kappa shape index (κ2) is 4.34. The van der Waals surface area contributed by atoms with Crippen LogP contribution in [0.2, 0.25) is 0 Å². The molecule has 0 saturated carbocycles. The molecule has 0 aliphatic carbocycles. The number of para-hydroxylation sites is 1. The summed E-state index contributed by atoms with van der Waals surface area (Å²) >= 11 is 0. The highest BCUT2D eigenvalue weighted by Crippen LogP contribution is 2.29. The third kappa shape index (κ3) is 1.64. The van der Waals surface area contributed by atoms with Gasteiger partial charge in [0, 0.05) is 29.5 Å². The molecule has 86 valence electrons. The number of hydrogen-bond acceptors (Lipinski definition) is 2. The molecule has 0 aliphatic rings. The van der Waals surface area contributed by atoms with Gasteiger partial charge in [0.1, 0.15) is 0 Å². The fraction of sp³-hybridized carbons (Fsp3) is 0.0667. The van der Waals surface area contributed by atoms with E-state index in [0.717, 1.165) is 27.6 Å². The highest BCUT2D eigenvalue weighted by atomic mass is 14.7. The lowest BCUT2D eigenvalue weighted by molar-refractivity contribution is 1.28. The number of aromatic nitrogens is 2. The van der Waals surface area contributed by atoms with Gasteiger partial charge in [-0.25, -0.2) is 0 Å². The Hall–Kier alpha value is -2.60. The van der Waals surface area contributed by atoms with Crippen LogP contribution in [0.3, 0.4) is 0 Å². The highest BCUT2D eigenvalue weighted by molar-refractivity contribution is 5.96. The normalized spacial score (nSPS) is 10.4. The molecule has 0 spiro atoms. The van der Waals surface area contributed by atoms with Gasteiger partial charge in [-0.2, -0.15) is 5.26 Å². The average Bonchev–Trinajstić information content (AvgIpc) is 2.84. The second-order valence-corrected chi connectivity index (χ2v) is 4.11. The molecule has 3 rings (SSSR count). The molecule has 0 atom stereocenters. The Bertz CT molecular complexity index is 720. The van der Waals surface area contributed by atoms with Crippen LogP contribution >= 0.6 is 0 Å². The minimum absolute atomic E-state index is 0.430. The fourth-order valence-corrected chi connectivity index (χ4v) is 2.22. The monoisotopic (exact) mass is 233 g/mol. The van der Waals surface area contributed by atoms with E-state index >= 15 is 0 Å². The Labute approximate surface area is 105 Å². The van der Waals surface area contributed by atoms with Gasteiger partial charge in [0.2, 0.25) is 0 Å². The van der Waals surface area contributed by atoms with Crippen LogP contribution in [-0.2, 0) is 6.42 Å². The molecule has 2 aromatic heterocycles. The summed E-state index contributed by atoms with van der Waals surface area (Å²) in [6.45, 7) is 0. The van der Waals surface area contributed by atoms with Crippen molar-refractivity contribution < 1.29 is 0 Å². The van der Waals surface area contributed by atoms with E-state index in [4.69, 9.17) is 5.26 Å². The molecule has 0 saturated heterocycles. The van der Waals surface area contributed by atoms with Crippen molar-refractivity contribution in [3.05, 3.63) is 54.5 Å². The first-order valence-corrected chi connectivity index (χ1v) is 5.76. The first-order chi connectivity index (χ1) is 8.90. The Morgan fingerprint density at radius 3 is 2.78 bits per heavy atom. The number of benzene rings is 1. The van der Waals surface area contributed by atoms with Gasteiger partial charge in [-0.3, -0.25) is 4.98 Å². The van der Waals surface area contributed by atoms with E-state index in [1.807, 2.05) is 30.5 Å². The molecule has 0 aliphatic heterocycles. The van der Waals surface area contributed by atoms with Gasteiger partial charge in [0.15, 0.2) is 0 Å². The van der Waals surface area contributed by atoms with Crippen LogP contribution in [0.25, 0.3) is 22.0 Å². The van der Waals surface area contributed by atoms with Gasteiger partial charge in [-0.1, -0.05) is 18.2 Å². The lowest BCUT2D eigenvalue weighted by Crippen LogP contribution is -1.82. The van der Waals surface area contributed by atoms with Crippen molar-refractivity contribution in [3.8, 4) is 17.2 Å². The van der Waals surface area contributed by atoms with Crippen LogP contribution in [0.15, 0.2) is 48.9 Å². The number of rotatable bonds is 2. The molecule has 0 bridgehead atoms. The molecule has 1 aromatic carbocycles. The summed E-state index contributed by atoms with van der Waals surface area (Å²) in [5.41, 5.74) is 4.39. The first-order valence-electron chi connectivity index (χ1n) is 5.76. The molecule has 0 radical (unpaired) electrons. The third-order valence-electron chi connectivity index (χ3n) is 3.06. The molecule has 18 heavy (non-hydrogen) atoms. The fourth-order valence-electron chi connectivity index (χ4n) is 2.22. The molecule has 0 amide bonds. The van der Waals surface area contributed by atoms with Crippen LogP contribution in [0, 0.1) is 11.3 Å². The van der Waals surface area contributed by atoms with Crippen LogP contribution < -0.4 is 0 Å². The van der Waals surface area contributed by atoms with Crippen molar-refractivity contribution >= 4 is 10.9 Å². The summed E-state index contributed by atoms with van der Waals surface area (Å²) in [7, 11) is 0. The van der Waals surface area contributed by atoms with Gasteiger partial charge < -0.3 is 4.98 Å². The van der Waals surface area contributed by atoms with Gasteiger partial charge in [0.25, 0.3) is 0 Å². The molecular formula is C15H11N3. The summed E-state index contributed by atoms with van der Waals surface area (Å²) in [4.78, 5) is 7.30. The average molecular weight is 233 g/mol. The van der Waals surface area contributed by atoms with E-state index in [-0.39, 0.29) is 0 Å². The topological polar surface area (TPSA) is 52.5 Å². The first kappa shape index (κ1) is 10.5. The summed E-state index contributed by atoms with van der Waals surface area (Å²) in [6.07, 6.45) is 5.92. The maximum atomic E-state index is 8.81. The van der Waals surface area contributed by atoms with Crippen LogP contribution in [0.5, 0.6) is 0 Å². The molecule has 2 heterocycles. The van der Waals surface area contributed by atoms with Crippen molar-refractivity contribution in [2.24, 2.45) is 0 Å². The number of fused-ring (bicyclic) bond motifs is 1. The molecule has 0 fully saturated rings. The van der Waals surface area contributed by atoms with E-state index in [1.165, 1.54) is 0 Å². The van der Waals surface area contributed by atoms with Crippen LogP contribution in [-0.4, -0.2) is 9.97 Å². The molecule has 1 N–H and O–H groups in total. The Morgan fingerprint density at radius 2 is 2.00 bits per heavy atom. The molecule has 3 heteroatoms.